The molecule has 0 saturated heterocycles. The Labute approximate surface area is 151 Å². The zero-order chi connectivity index (χ0) is 18.5. The van der Waals surface area contributed by atoms with E-state index in [1.165, 1.54) is 19.3 Å². The normalized spacial score (nSPS) is 16.5. The van der Waals surface area contributed by atoms with Crippen LogP contribution in [0.3, 0.4) is 0 Å². The molecule has 3 atom stereocenters. The summed E-state index contributed by atoms with van der Waals surface area (Å²) in [5, 5.41) is 0. The second kappa shape index (κ2) is 14.3. The largest absolute Gasteiger partial charge is 0.322 e. The van der Waals surface area contributed by atoms with Gasteiger partial charge in [0.15, 0.2) is 0 Å². The summed E-state index contributed by atoms with van der Waals surface area (Å²) in [6.45, 7) is 13.1. The molecule has 140 valence electrons. The van der Waals surface area contributed by atoms with Crippen molar-refractivity contribution in [2.45, 2.75) is 109 Å². The fourth-order valence-electron chi connectivity index (χ4n) is 2.99. The van der Waals surface area contributed by atoms with E-state index in [0.29, 0.717) is 18.5 Å². The van der Waals surface area contributed by atoms with Gasteiger partial charge in [0, 0.05) is 16.8 Å². The molecule has 0 heterocycles. The van der Waals surface area contributed by atoms with Gasteiger partial charge in [0.2, 0.25) is 0 Å². The molecule has 0 aliphatic heterocycles. The van der Waals surface area contributed by atoms with Crippen LogP contribution in [0, 0.1) is 0 Å². The van der Waals surface area contributed by atoms with Gasteiger partial charge in [-0.15, -0.1) is 0 Å². The summed E-state index contributed by atoms with van der Waals surface area (Å²) < 4.78 is -0.164. The molecule has 3 unspecified atom stereocenters. The van der Waals surface area contributed by atoms with Gasteiger partial charge in [-0.2, -0.15) is 12.6 Å². The molecule has 0 fully saturated rings. The van der Waals surface area contributed by atoms with E-state index in [2.05, 4.69) is 53.5 Å². The molecule has 0 rings (SSSR count). The van der Waals surface area contributed by atoms with Crippen LogP contribution in [0.1, 0.15) is 86.5 Å². The standard InChI is InChI=1S/C16H34N2OS.C3H8/c1-6-14(7-2)18(5)15(8-3)9-10-16(4,20)11-13(17)12-19;1-3-2/h12-15,20H,6-11,17H2,1-5H3;3H2,1-2H3. The van der Waals surface area contributed by atoms with Crippen molar-refractivity contribution in [3.05, 3.63) is 0 Å². The number of thiol groups is 1. The van der Waals surface area contributed by atoms with E-state index in [1.54, 1.807) is 0 Å². The lowest BCUT2D eigenvalue weighted by atomic mass is 9.92. The molecule has 0 radical (unpaired) electrons. The minimum absolute atomic E-state index is 0.164. The molecule has 0 amide bonds. The van der Waals surface area contributed by atoms with Crippen molar-refractivity contribution in [1.82, 2.24) is 4.90 Å². The van der Waals surface area contributed by atoms with Crippen LogP contribution in [-0.2, 0) is 4.79 Å². The van der Waals surface area contributed by atoms with E-state index in [1.807, 2.05) is 0 Å². The van der Waals surface area contributed by atoms with Gasteiger partial charge < -0.3 is 15.4 Å². The van der Waals surface area contributed by atoms with E-state index in [9.17, 15) is 4.79 Å². The zero-order valence-electron chi connectivity index (χ0n) is 16.6. The fourth-order valence-corrected chi connectivity index (χ4v) is 3.33. The second-order valence-electron chi connectivity index (χ2n) is 6.94. The van der Waals surface area contributed by atoms with E-state index in [0.717, 1.165) is 25.5 Å². The Morgan fingerprint density at radius 1 is 1.09 bits per heavy atom. The molecule has 0 aromatic carbocycles. The lowest BCUT2D eigenvalue weighted by Gasteiger charge is -2.36. The minimum Gasteiger partial charge on any atom is -0.322 e. The molecular formula is C19H42N2OS. The predicted molar refractivity (Wildman–Crippen MR) is 107 cm³/mol. The maximum absolute atomic E-state index is 10.7. The van der Waals surface area contributed by atoms with Gasteiger partial charge in [-0.1, -0.05) is 48.0 Å². The van der Waals surface area contributed by atoms with Crippen molar-refractivity contribution in [3.8, 4) is 0 Å². The maximum Gasteiger partial charge on any atom is 0.136 e. The number of carbonyl (C=O) groups excluding carboxylic acids is 1. The number of hydrogen-bond donors (Lipinski definition) is 2. The highest BCUT2D eigenvalue weighted by Crippen LogP contribution is 2.28. The molecule has 0 aliphatic carbocycles. The van der Waals surface area contributed by atoms with Crippen LogP contribution in [0.5, 0.6) is 0 Å². The highest BCUT2D eigenvalue weighted by Gasteiger charge is 2.26. The molecule has 2 N–H and O–H groups in total. The van der Waals surface area contributed by atoms with Crippen LogP contribution in [0.4, 0.5) is 0 Å². The maximum atomic E-state index is 10.7. The average molecular weight is 347 g/mol. The Bertz CT molecular complexity index is 281. The van der Waals surface area contributed by atoms with Gasteiger partial charge in [0.1, 0.15) is 6.29 Å². The third kappa shape index (κ3) is 12.0. The molecule has 3 nitrogen and oxygen atoms in total. The molecule has 0 spiro atoms. The van der Waals surface area contributed by atoms with Gasteiger partial charge in [-0.3, -0.25) is 0 Å². The number of carbonyl (C=O) groups is 1. The number of nitrogens with zero attached hydrogens (tertiary/aromatic N) is 1. The lowest BCUT2D eigenvalue weighted by molar-refractivity contribution is -0.109. The quantitative estimate of drug-likeness (QED) is 0.421. The summed E-state index contributed by atoms with van der Waals surface area (Å²) >= 11 is 4.70. The van der Waals surface area contributed by atoms with E-state index in [4.69, 9.17) is 18.4 Å². The van der Waals surface area contributed by atoms with Crippen LogP contribution < -0.4 is 5.73 Å². The molecule has 0 bridgehead atoms. The minimum atomic E-state index is -0.394. The molecule has 4 heteroatoms. The number of nitrogens with two attached hydrogens (primary N) is 1. The second-order valence-corrected chi connectivity index (χ2v) is 8.02. The van der Waals surface area contributed by atoms with Crippen molar-refractivity contribution in [3.63, 3.8) is 0 Å². The average Bonchev–Trinajstić information content (AvgIpc) is 2.49. The van der Waals surface area contributed by atoms with Crippen LogP contribution in [0.25, 0.3) is 0 Å². The Kier molecular flexibility index (Phi) is 15.7. The smallest absolute Gasteiger partial charge is 0.136 e. The summed E-state index contributed by atoms with van der Waals surface area (Å²) in [6.07, 6.45) is 8.34. The predicted octanol–water partition coefficient (Wildman–Crippen LogP) is 4.69. The number of aldehydes is 1. The summed E-state index contributed by atoms with van der Waals surface area (Å²) in [4.78, 5) is 13.2. The Morgan fingerprint density at radius 2 is 1.52 bits per heavy atom. The third-order valence-electron chi connectivity index (χ3n) is 4.43. The molecule has 0 aromatic rings. The third-order valence-corrected chi connectivity index (χ3v) is 4.84. The van der Waals surface area contributed by atoms with Gasteiger partial charge in [-0.05, 0) is 45.6 Å². The summed E-state index contributed by atoms with van der Waals surface area (Å²) in [6, 6.07) is 0.844. The van der Waals surface area contributed by atoms with Crippen LogP contribution in [0.15, 0.2) is 0 Å². The van der Waals surface area contributed by atoms with Crippen molar-refractivity contribution in [2.75, 3.05) is 7.05 Å². The molecule has 0 saturated carbocycles. The van der Waals surface area contributed by atoms with Gasteiger partial charge in [0.25, 0.3) is 0 Å². The number of rotatable bonds is 11. The molecular weight excluding hydrogens is 304 g/mol. The topological polar surface area (TPSA) is 46.3 Å². The molecule has 23 heavy (non-hydrogen) atoms. The monoisotopic (exact) mass is 346 g/mol. The van der Waals surface area contributed by atoms with Crippen LogP contribution >= 0.6 is 12.6 Å². The van der Waals surface area contributed by atoms with E-state index >= 15 is 0 Å². The van der Waals surface area contributed by atoms with Gasteiger partial charge in [0.05, 0.1) is 6.04 Å². The Morgan fingerprint density at radius 3 is 1.87 bits per heavy atom. The Balaban J connectivity index is 0. The lowest BCUT2D eigenvalue weighted by Crippen LogP contribution is -2.40. The van der Waals surface area contributed by atoms with Crippen LogP contribution in [-0.4, -0.2) is 41.1 Å². The van der Waals surface area contributed by atoms with Gasteiger partial charge in [-0.25, -0.2) is 0 Å². The van der Waals surface area contributed by atoms with Crippen molar-refractivity contribution in [2.24, 2.45) is 5.73 Å². The molecule has 0 aromatic heterocycles. The summed E-state index contributed by atoms with van der Waals surface area (Å²) in [7, 11) is 2.23. The summed E-state index contributed by atoms with van der Waals surface area (Å²) in [5.74, 6) is 0. The van der Waals surface area contributed by atoms with E-state index < -0.39 is 6.04 Å². The van der Waals surface area contributed by atoms with Crippen molar-refractivity contribution in [1.29, 1.82) is 0 Å². The van der Waals surface area contributed by atoms with Gasteiger partial charge >= 0.3 is 0 Å². The summed E-state index contributed by atoms with van der Waals surface area (Å²) in [5.41, 5.74) is 5.72. The first-order chi connectivity index (χ1) is 10.7. The van der Waals surface area contributed by atoms with Crippen molar-refractivity contribution >= 4 is 18.9 Å². The molecule has 0 aliphatic rings. The highest BCUT2D eigenvalue weighted by atomic mass is 32.1. The first kappa shape index (κ1) is 25.2. The SMILES string of the molecule is CCC.CCC(CC)N(C)C(CC)CCC(C)(S)CC(N)C=O. The van der Waals surface area contributed by atoms with Crippen LogP contribution in [0.2, 0.25) is 0 Å². The Hall–Kier alpha value is -0.0600. The fraction of sp³-hybridized carbons (Fsp3) is 0.947. The first-order valence-electron chi connectivity index (χ1n) is 9.37. The highest BCUT2D eigenvalue weighted by molar-refractivity contribution is 7.81. The van der Waals surface area contributed by atoms with E-state index in [-0.39, 0.29) is 4.75 Å². The zero-order valence-corrected chi connectivity index (χ0v) is 17.5. The first-order valence-corrected chi connectivity index (χ1v) is 9.82. The van der Waals surface area contributed by atoms with Crippen molar-refractivity contribution < 1.29 is 4.79 Å². The number of hydrogen-bond acceptors (Lipinski definition) is 4.